The third-order valence-corrected chi connectivity index (χ3v) is 5.68. The van der Waals surface area contributed by atoms with E-state index in [0.29, 0.717) is 5.71 Å². The second-order valence-corrected chi connectivity index (χ2v) is 8.25. The highest BCUT2D eigenvalue weighted by Crippen LogP contribution is 2.22. The molecule has 0 aliphatic carbocycles. The average Bonchev–Trinajstić information content (AvgIpc) is 2.65. The number of hydrogen-bond donors (Lipinski definition) is 1. The van der Waals surface area contributed by atoms with Crippen LogP contribution < -0.4 is 9.57 Å². The minimum Gasteiger partial charge on any atom is -0.497 e. The maximum Gasteiger partial charge on any atom is 0.276 e. The summed E-state index contributed by atoms with van der Waals surface area (Å²) in [5.41, 5.74) is 1.41. The number of rotatable bonds is 5. The Hall–Kier alpha value is -2.38. The number of sulfonamides is 1. The Labute approximate surface area is 160 Å². The smallest absolute Gasteiger partial charge is 0.276 e. The van der Waals surface area contributed by atoms with Crippen LogP contribution in [0.15, 0.2) is 75.1 Å². The lowest BCUT2D eigenvalue weighted by Crippen LogP contribution is -2.19. The number of nitrogens with one attached hydrogen (secondary N) is 1. The molecule has 3 aromatic carbocycles. The van der Waals surface area contributed by atoms with Gasteiger partial charge in [-0.15, -0.1) is 0 Å². The van der Waals surface area contributed by atoms with Crippen molar-refractivity contribution in [1.82, 2.24) is 4.83 Å². The number of methoxy groups -OCH3 is 1. The standard InChI is InChI=1S/C19H17BrN2O3S/c1-13(21-22-26(23,24)19-9-6-17(20)7-10-19)14-3-4-16-12-18(25-2)8-5-15(16)11-14/h3-12,22H,1-2H3. The van der Waals surface area contributed by atoms with Crippen LogP contribution in [0, 0.1) is 0 Å². The lowest BCUT2D eigenvalue weighted by atomic mass is 10.0. The molecule has 0 radical (unpaired) electrons. The third kappa shape index (κ3) is 4.05. The molecule has 0 aromatic heterocycles. The maximum absolute atomic E-state index is 12.3. The van der Waals surface area contributed by atoms with Gasteiger partial charge in [0.2, 0.25) is 0 Å². The average molecular weight is 433 g/mol. The summed E-state index contributed by atoms with van der Waals surface area (Å²) in [6.07, 6.45) is 0. The molecule has 0 bridgehead atoms. The van der Waals surface area contributed by atoms with Crippen LogP contribution in [-0.2, 0) is 10.0 Å². The molecule has 3 aromatic rings. The summed E-state index contributed by atoms with van der Waals surface area (Å²) < 4.78 is 30.7. The van der Waals surface area contributed by atoms with Crippen molar-refractivity contribution in [2.75, 3.05) is 7.11 Å². The van der Waals surface area contributed by atoms with Crippen LogP contribution in [0.25, 0.3) is 10.8 Å². The number of ether oxygens (including phenoxy) is 1. The summed E-state index contributed by atoms with van der Waals surface area (Å²) >= 11 is 3.28. The van der Waals surface area contributed by atoms with E-state index >= 15 is 0 Å². The van der Waals surface area contributed by atoms with Crippen LogP contribution in [0.2, 0.25) is 0 Å². The number of fused-ring (bicyclic) bond motifs is 1. The summed E-state index contributed by atoms with van der Waals surface area (Å²) in [5.74, 6) is 0.790. The largest absolute Gasteiger partial charge is 0.497 e. The normalized spacial score (nSPS) is 12.2. The van der Waals surface area contributed by atoms with Crippen molar-refractivity contribution in [2.24, 2.45) is 5.10 Å². The van der Waals surface area contributed by atoms with E-state index in [1.165, 1.54) is 12.1 Å². The van der Waals surface area contributed by atoms with E-state index in [1.54, 1.807) is 26.2 Å². The van der Waals surface area contributed by atoms with Crippen molar-refractivity contribution in [3.05, 3.63) is 70.7 Å². The van der Waals surface area contributed by atoms with Crippen LogP contribution in [0.1, 0.15) is 12.5 Å². The predicted octanol–water partition coefficient (Wildman–Crippen LogP) is 4.31. The zero-order chi connectivity index (χ0) is 18.7. The van der Waals surface area contributed by atoms with Crippen LogP contribution in [0.5, 0.6) is 5.75 Å². The van der Waals surface area contributed by atoms with Crippen molar-refractivity contribution in [1.29, 1.82) is 0 Å². The lowest BCUT2D eigenvalue weighted by Gasteiger charge is -2.07. The molecular formula is C19H17BrN2O3S. The molecule has 0 heterocycles. The van der Waals surface area contributed by atoms with Crippen LogP contribution >= 0.6 is 15.9 Å². The Balaban J connectivity index is 1.85. The van der Waals surface area contributed by atoms with E-state index in [4.69, 9.17) is 4.74 Å². The SMILES string of the molecule is COc1ccc2cc(C(C)=NNS(=O)(=O)c3ccc(Br)cc3)ccc2c1. The monoisotopic (exact) mass is 432 g/mol. The second-order valence-electron chi connectivity index (χ2n) is 5.67. The first-order chi connectivity index (χ1) is 12.4. The van der Waals surface area contributed by atoms with Crippen molar-refractivity contribution in [3.8, 4) is 5.75 Å². The summed E-state index contributed by atoms with van der Waals surface area (Å²) in [6, 6.07) is 18.0. The van der Waals surface area contributed by atoms with Gasteiger partial charge < -0.3 is 4.74 Å². The van der Waals surface area contributed by atoms with Crippen LogP contribution in [0.4, 0.5) is 0 Å². The molecule has 0 aliphatic rings. The van der Waals surface area contributed by atoms with Crippen molar-refractivity contribution in [2.45, 2.75) is 11.8 Å². The Morgan fingerprint density at radius 2 is 1.65 bits per heavy atom. The van der Waals surface area contributed by atoms with Crippen molar-refractivity contribution < 1.29 is 13.2 Å². The van der Waals surface area contributed by atoms with Gasteiger partial charge in [-0.3, -0.25) is 0 Å². The molecule has 0 saturated carbocycles. The van der Waals surface area contributed by atoms with Gasteiger partial charge in [-0.25, -0.2) is 0 Å². The third-order valence-electron chi connectivity index (χ3n) is 3.92. The number of nitrogens with zero attached hydrogens (tertiary/aromatic N) is 1. The first-order valence-corrected chi connectivity index (χ1v) is 10.1. The van der Waals surface area contributed by atoms with Gasteiger partial charge in [0.05, 0.1) is 17.7 Å². The molecule has 134 valence electrons. The lowest BCUT2D eigenvalue weighted by molar-refractivity contribution is 0.415. The minimum atomic E-state index is -3.71. The Morgan fingerprint density at radius 3 is 2.35 bits per heavy atom. The fourth-order valence-electron chi connectivity index (χ4n) is 2.44. The van der Waals surface area contributed by atoms with E-state index in [-0.39, 0.29) is 4.90 Å². The molecule has 0 spiro atoms. The highest BCUT2D eigenvalue weighted by atomic mass is 79.9. The maximum atomic E-state index is 12.3. The summed E-state index contributed by atoms with van der Waals surface area (Å²) in [6.45, 7) is 1.76. The summed E-state index contributed by atoms with van der Waals surface area (Å²) in [4.78, 5) is 2.44. The number of halogens is 1. The van der Waals surface area contributed by atoms with Gasteiger partial charge in [0, 0.05) is 4.47 Å². The first kappa shape index (κ1) is 18.4. The number of benzene rings is 3. The molecular weight excluding hydrogens is 416 g/mol. The molecule has 0 fully saturated rings. The van der Waals surface area contributed by atoms with Gasteiger partial charge >= 0.3 is 0 Å². The molecule has 0 aliphatic heterocycles. The highest BCUT2D eigenvalue weighted by Gasteiger charge is 2.13. The van der Waals surface area contributed by atoms with Gasteiger partial charge in [0.25, 0.3) is 10.0 Å². The van der Waals surface area contributed by atoms with E-state index in [2.05, 4.69) is 25.9 Å². The second kappa shape index (κ2) is 7.47. The van der Waals surface area contributed by atoms with Crippen molar-refractivity contribution in [3.63, 3.8) is 0 Å². The van der Waals surface area contributed by atoms with Crippen LogP contribution in [0.3, 0.4) is 0 Å². The molecule has 1 N–H and O–H groups in total. The zero-order valence-electron chi connectivity index (χ0n) is 14.2. The molecule has 7 heteroatoms. The van der Waals surface area contributed by atoms with E-state index in [1.807, 2.05) is 36.4 Å². The predicted molar refractivity (Wildman–Crippen MR) is 107 cm³/mol. The van der Waals surface area contributed by atoms with E-state index in [0.717, 1.165) is 26.6 Å². The summed E-state index contributed by atoms with van der Waals surface area (Å²) in [7, 11) is -2.08. The molecule has 0 atom stereocenters. The molecule has 0 amide bonds. The molecule has 0 unspecified atom stereocenters. The van der Waals surface area contributed by atoms with Gasteiger partial charge in [0.15, 0.2) is 0 Å². The fourth-order valence-corrected chi connectivity index (χ4v) is 3.56. The van der Waals surface area contributed by atoms with E-state index < -0.39 is 10.0 Å². The quantitative estimate of drug-likeness (QED) is 0.482. The van der Waals surface area contributed by atoms with Crippen LogP contribution in [-0.4, -0.2) is 21.2 Å². The minimum absolute atomic E-state index is 0.155. The zero-order valence-corrected chi connectivity index (χ0v) is 16.6. The highest BCUT2D eigenvalue weighted by molar-refractivity contribution is 9.10. The van der Waals surface area contributed by atoms with Gasteiger partial charge in [-0.1, -0.05) is 34.1 Å². The van der Waals surface area contributed by atoms with Gasteiger partial charge in [0.1, 0.15) is 5.75 Å². The van der Waals surface area contributed by atoms with Gasteiger partial charge in [-0.05, 0) is 65.7 Å². The Bertz CT molecular complexity index is 1080. The Kier molecular flexibility index (Phi) is 5.29. The van der Waals surface area contributed by atoms with Gasteiger partial charge in [-0.2, -0.15) is 18.4 Å². The summed E-state index contributed by atoms with van der Waals surface area (Å²) in [5, 5.41) is 6.11. The Morgan fingerprint density at radius 1 is 1.00 bits per heavy atom. The molecule has 0 saturated heterocycles. The first-order valence-electron chi connectivity index (χ1n) is 7.79. The number of hydrogen-bond acceptors (Lipinski definition) is 4. The van der Waals surface area contributed by atoms with E-state index in [9.17, 15) is 8.42 Å². The topological polar surface area (TPSA) is 67.8 Å². The van der Waals surface area contributed by atoms with Crippen molar-refractivity contribution >= 4 is 42.4 Å². The fraction of sp³-hybridized carbons (Fsp3) is 0.105. The molecule has 5 nitrogen and oxygen atoms in total. The molecule has 26 heavy (non-hydrogen) atoms. The number of hydrazone groups is 1. The molecule has 3 rings (SSSR count).